The number of aliphatic hydroxyl groups is 1. The Balaban J connectivity index is 2.16. The van der Waals surface area contributed by atoms with Crippen molar-refractivity contribution in [3.05, 3.63) is 18.7 Å². The molecule has 0 aliphatic rings. The molecule has 1 atom stereocenters. The zero-order valence-corrected chi connectivity index (χ0v) is 10.7. The van der Waals surface area contributed by atoms with Gasteiger partial charge in [0, 0.05) is 25.5 Å². The molecule has 0 aliphatic carbocycles. The number of nitrogens with one attached hydrogen (secondary N) is 1. The first-order chi connectivity index (χ1) is 8.06. The summed E-state index contributed by atoms with van der Waals surface area (Å²) in [5, 5.41) is 8.02. The molecule has 0 bridgehead atoms. The quantitative estimate of drug-likeness (QED) is 0.643. The van der Waals surface area contributed by atoms with E-state index in [0.717, 1.165) is 19.4 Å². The Morgan fingerprint density at radius 3 is 2.82 bits per heavy atom. The second-order valence-corrected chi connectivity index (χ2v) is 6.12. The van der Waals surface area contributed by atoms with E-state index in [4.69, 9.17) is 5.11 Å². The molecular weight excluding hydrogens is 242 g/mol. The van der Waals surface area contributed by atoms with Crippen LogP contribution in [0, 0.1) is 0 Å². The summed E-state index contributed by atoms with van der Waals surface area (Å²) in [5.41, 5.74) is 0. The molecule has 0 aliphatic heterocycles. The van der Waals surface area contributed by atoms with E-state index < -0.39 is 15.3 Å². The largest absolute Gasteiger partial charge is 0.395 e. The molecule has 0 radical (unpaired) electrons. The van der Waals surface area contributed by atoms with Gasteiger partial charge in [-0.05, 0) is 19.8 Å². The zero-order valence-electron chi connectivity index (χ0n) is 9.91. The van der Waals surface area contributed by atoms with E-state index in [9.17, 15) is 8.42 Å². The van der Waals surface area contributed by atoms with Crippen molar-refractivity contribution in [2.45, 2.75) is 31.6 Å². The van der Waals surface area contributed by atoms with Crippen LogP contribution in [0.1, 0.15) is 19.8 Å². The van der Waals surface area contributed by atoms with Crippen molar-refractivity contribution in [3.63, 3.8) is 0 Å². The summed E-state index contributed by atoms with van der Waals surface area (Å²) < 4.78 is 27.4. The molecule has 0 amide bonds. The topological polar surface area (TPSA) is 84.2 Å². The molecule has 1 heterocycles. The first-order valence-electron chi connectivity index (χ1n) is 5.61. The van der Waals surface area contributed by atoms with Crippen LogP contribution in [0.3, 0.4) is 0 Å². The Bertz CT molecular complexity index is 402. The lowest BCUT2D eigenvalue weighted by atomic mass is 10.3. The molecule has 0 saturated heterocycles. The normalized spacial score (nSPS) is 13.8. The predicted molar refractivity (Wildman–Crippen MR) is 64.9 cm³/mol. The van der Waals surface area contributed by atoms with Gasteiger partial charge in [0.15, 0.2) is 0 Å². The average Bonchev–Trinajstić information content (AvgIpc) is 2.80. The number of nitrogens with zero attached hydrogens (tertiary/aromatic N) is 2. The Morgan fingerprint density at radius 1 is 1.47 bits per heavy atom. The van der Waals surface area contributed by atoms with Gasteiger partial charge in [0.2, 0.25) is 10.0 Å². The van der Waals surface area contributed by atoms with Crippen molar-refractivity contribution in [3.8, 4) is 0 Å². The third kappa shape index (κ3) is 4.84. The first kappa shape index (κ1) is 14.1. The third-order valence-electron chi connectivity index (χ3n) is 2.49. The second kappa shape index (κ2) is 6.73. The van der Waals surface area contributed by atoms with Gasteiger partial charge < -0.3 is 9.67 Å². The lowest BCUT2D eigenvalue weighted by Gasteiger charge is -2.11. The highest BCUT2D eigenvalue weighted by Crippen LogP contribution is 1.98. The van der Waals surface area contributed by atoms with Crippen molar-refractivity contribution in [2.24, 2.45) is 0 Å². The van der Waals surface area contributed by atoms with Gasteiger partial charge in [-0.15, -0.1) is 0 Å². The van der Waals surface area contributed by atoms with Gasteiger partial charge in [-0.25, -0.2) is 18.1 Å². The monoisotopic (exact) mass is 261 g/mol. The Morgan fingerprint density at radius 2 is 2.24 bits per heavy atom. The molecule has 17 heavy (non-hydrogen) atoms. The maximum absolute atomic E-state index is 11.5. The lowest BCUT2D eigenvalue weighted by molar-refractivity contribution is 0.294. The first-order valence-corrected chi connectivity index (χ1v) is 7.16. The van der Waals surface area contributed by atoms with Crippen LogP contribution in [0.5, 0.6) is 0 Å². The van der Waals surface area contributed by atoms with Crippen molar-refractivity contribution in [1.29, 1.82) is 0 Å². The van der Waals surface area contributed by atoms with Crippen LogP contribution in [-0.2, 0) is 16.6 Å². The molecule has 0 fully saturated rings. The Kier molecular flexibility index (Phi) is 5.60. The average molecular weight is 261 g/mol. The number of rotatable bonds is 8. The van der Waals surface area contributed by atoms with Gasteiger partial charge in [0.1, 0.15) is 0 Å². The minimum absolute atomic E-state index is 0.357. The number of hydrogen-bond acceptors (Lipinski definition) is 4. The van der Waals surface area contributed by atoms with E-state index >= 15 is 0 Å². The van der Waals surface area contributed by atoms with Crippen molar-refractivity contribution in [1.82, 2.24) is 14.3 Å². The maximum Gasteiger partial charge on any atom is 0.216 e. The summed E-state index contributed by atoms with van der Waals surface area (Å²) in [6.45, 7) is 2.36. The number of unbranched alkanes of at least 4 members (excludes halogenated alkanes) is 1. The lowest BCUT2D eigenvalue weighted by Crippen LogP contribution is -2.35. The smallest absolute Gasteiger partial charge is 0.216 e. The van der Waals surface area contributed by atoms with E-state index in [-0.39, 0.29) is 6.61 Å². The van der Waals surface area contributed by atoms with Crippen LogP contribution in [-0.4, -0.2) is 41.5 Å². The van der Waals surface area contributed by atoms with Crippen molar-refractivity contribution in [2.75, 3.05) is 13.2 Å². The molecule has 7 heteroatoms. The van der Waals surface area contributed by atoms with Crippen molar-refractivity contribution >= 4 is 10.0 Å². The Hall–Kier alpha value is -0.920. The van der Waals surface area contributed by atoms with Gasteiger partial charge in [-0.1, -0.05) is 0 Å². The van der Waals surface area contributed by atoms with Crippen LogP contribution in [0.15, 0.2) is 18.7 Å². The molecule has 1 unspecified atom stereocenters. The summed E-state index contributed by atoms with van der Waals surface area (Å²) in [4.78, 5) is 3.92. The van der Waals surface area contributed by atoms with Crippen LogP contribution >= 0.6 is 0 Å². The van der Waals surface area contributed by atoms with Gasteiger partial charge in [-0.3, -0.25) is 0 Å². The number of hydrogen-bond donors (Lipinski definition) is 2. The van der Waals surface area contributed by atoms with Gasteiger partial charge in [-0.2, -0.15) is 0 Å². The summed E-state index contributed by atoms with van der Waals surface area (Å²) in [6.07, 6.45) is 6.96. The number of sulfonamides is 1. The molecule has 98 valence electrons. The predicted octanol–water partition coefficient (Wildman–Crippen LogP) is -0.0365. The molecular formula is C10H19N3O3S. The highest BCUT2D eigenvalue weighted by molar-refractivity contribution is 7.90. The molecule has 1 rings (SSSR count). The van der Waals surface area contributed by atoms with E-state index in [2.05, 4.69) is 9.71 Å². The molecule has 0 spiro atoms. The molecule has 0 aromatic carbocycles. The third-order valence-corrected chi connectivity index (χ3v) is 4.31. The summed E-state index contributed by atoms with van der Waals surface area (Å²) >= 11 is 0. The van der Waals surface area contributed by atoms with Crippen LogP contribution in [0.25, 0.3) is 0 Å². The number of aryl methyl sites for hydroxylation is 1. The number of aromatic nitrogens is 2. The van der Waals surface area contributed by atoms with E-state index in [1.54, 1.807) is 12.5 Å². The minimum atomic E-state index is -3.36. The Labute approximate surface area is 102 Å². The van der Waals surface area contributed by atoms with E-state index in [1.165, 1.54) is 6.92 Å². The van der Waals surface area contributed by atoms with Crippen LogP contribution < -0.4 is 4.72 Å². The molecule has 6 nitrogen and oxygen atoms in total. The zero-order chi connectivity index (χ0) is 12.7. The highest BCUT2D eigenvalue weighted by atomic mass is 32.2. The van der Waals surface area contributed by atoms with E-state index in [0.29, 0.717) is 6.54 Å². The molecule has 1 aromatic rings. The summed E-state index contributed by atoms with van der Waals surface area (Å²) in [7, 11) is -3.36. The standard InChI is InChI=1S/C10H19N3O3S/c1-10(8-14)17(15,16)12-4-2-3-6-13-7-5-11-9-13/h5,7,9-10,12,14H,2-4,6,8H2,1H3. The van der Waals surface area contributed by atoms with Gasteiger partial charge in [0.25, 0.3) is 0 Å². The summed E-state index contributed by atoms with van der Waals surface area (Å²) in [5.74, 6) is 0. The fourth-order valence-corrected chi connectivity index (χ4v) is 2.20. The highest BCUT2D eigenvalue weighted by Gasteiger charge is 2.18. The van der Waals surface area contributed by atoms with Crippen molar-refractivity contribution < 1.29 is 13.5 Å². The summed E-state index contributed by atoms with van der Waals surface area (Å²) in [6, 6.07) is 0. The second-order valence-electron chi connectivity index (χ2n) is 3.94. The molecule has 0 saturated carbocycles. The number of aliphatic hydroxyl groups excluding tert-OH is 1. The van der Waals surface area contributed by atoms with E-state index in [1.807, 2.05) is 10.8 Å². The van der Waals surface area contributed by atoms with Crippen LogP contribution in [0.2, 0.25) is 0 Å². The van der Waals surface area contributed by atoms with Crippen LogP contribution in [0.4, 0.5) is 0 Å². The fourth-order valence-electron chi connectivity index (χ4n) is 1.29. The van der Waals surface area contributed by atoms with Gasteiger partial charge in [0.05, 0.1) is 18.2 Å². The SMILES string of the molecule is CC(CO)S(=O)(=O)NCCCCn1ccnc1. The fraction of sp³-hybridized carbons (Fsp3) is 0.700. The minimum Gasteiger partial charge on any atom is -0.395 e. The number of imidazole rings is 1. The van der Waals surface area contributed by atoms with Gasteiger partial charge >= 0.3 is 0 Å². The molecule has 2 N–H and O–H groups in total. The maximum atomic E-state index is 11.5. The molecule has 1 aromatic heterocycles.